The van der Waals surface area contributed by atoms with Crippen LogP contribution in [0.5, 0.6) is 0 Å². The number of nitrogens with one attached hydrogen (secondary N) is 2. The standard InChI is InChI=1S/C14H21N3O3/c1-3-4-8-12(13(18)19)17-14(20)15-9-11-7-5-6-10(2)16-11/h5-7,12H,3-4,8-9H2,1-2H3,(H,18,19)(H2,15,17,20)/t12-/m0/s1. The van der Waals surface area contributed by atoms with Crippen LogP contribution in [0.3, 0.4) is 0 Å². The van der Waals surface area contributed by atoms with Gasteiger partial charge in [-0.25, -0.2) is 9.59 Å². The summed E-state index contributed by atoms with van der Waals surface area (Å²) in [7, 11) is 0. The van der Waals surface area contributed by atoms with Crippen LogP contribution in [0.25, 0.3) is 0 Å². The minimum Gasteiger partial charge on any atom is -0.480 e. The quantitative estimate of drug-likeness (QED) is 0.710. The molecule has 6 heteroatoms. The molecule has 2 amide bonds. The molecule has 0 aliphatic heterocycles. The highest BCUT2D eigenvalue weighted by molar-refractivity contribution is 5.82. The van der Waals surface area contributed by atoms with Crippen LogP contribution >= 0.6 is 0 Å². The molecule has 0 aromatic carbocycles. The lowest BCUT2D eigenvalue weighted by Crippen LogP contribution is -2.45. The first-order valence-electron chi connectivity index (χ1n) is 6.72. The number of urea groups is 1. The van der Waals surface area contributed by atoms with Crippen molar-refractivity contribution in [2.75, 3.05) is 0 Å². The Hall–Kier alpha value is -2.11. The van der Waals surface area contributed by atoms with E-state index in [0.29, 0.717) is 6.42 Å². The third kappa shape index (κ3) is 5.69. The van der Waals surface area contributed by atoms with Crippen molar-refractivity contribution in [1.29, 1.82) is 0 Å². The lowest BCUT2D eigenvalue weighted by atomic mass is 10.1. The van der Waals surface area contributed by atoms with Gasteiger partial charge in [-0.3, -0.25) is 4.98 Å². The zero-order valence-corrected chi connectivity index (χ0v) is 11.8. The molecular formula is C14H21N3O3. The van der Waals surface area contributed by atoms with Gasteiger partial charge in [-0.2, -0.15) is 0 Å². The fourth-order valence-electron chi connectivity index (χ4n) is 1.74. The Morgan fingerprint density at radius 3 is 2.75 bits per heavy atom. The lowest BCUT2D eigenvalue weighted by molar-refractivity contribution is -0.139. The fourth-order valence-corrected chi connectivity index (χ4v) is 1.74. The number of carboxylic acid groups (broad SMARTS) is 1. The number of aliphatic carboxylic acids is 1. The number of aryl methyl sites for hydroxylation is 1. The van der Waals surface area contributed by atoms with Crippen molar-refractivity contribution >= 4 is 12.0 Å². The molecule has 1 aromatic heterocycles. The molecule has 0 fully saturated rings. The SMILES string of the molecule is CCCC[C@H](NC(=O)NCc1cccc(C)n1)C(=O)O. The number of amides is 2. The molecule has 20 heavy (non-hydrogen) atoms. The van der Waals surface area contributed by atoms with E-state index in [4.69, 9.17) is 5.11 Å². The van der Waals surface area contributed by atoms with E-state index in [2.05, 4.69) is 15.6 Å². The van der Waals surface area contributed by atoms with Gasteiger partial charge in [0.25, 0.3) is 0 Å². The number of pyridine rings is 1. The lowest BCUT2D eigenvalue weighted by Gasteiger charge is -2.14. The first kappa shape index (κ1) is 15.9. The van der Waals surface area contributed by atoms with Gasteiger partial charge in [-0.1, -0.05) is 25.8 Å². The van der Waals surface area contributed by atoms with Crippen LogP contribution in [0.2, 0.25) is 0 Å². The molecule has 0 radical (unpaired) electrons. The van der Waals surface area contributed by atoms with Crippen LogP contribution in [-0.2, 0) is 11.3 Å². The first-order chi connectivity index (χ1) is 9.52. The van der Waals surface area contributed by atoms with Crippen LogP contribution < -0.4 is 10.6 Å². The fraction of sp³-hybridized carbons (Fsp3) is 0.500. The monoisotopic (exact) mass is 279 g/mol. The number of rotatable bonds is 7. The van der Waals surface area contributed by atoms with Gasteiger partial charge < -0.3 is 15.7 Å². The highest BCUT2D eigenvalue weighted by Crippen LogP contribution is 2.01. The third-order valence-electron chi connectivity index (χ3n) is 2.83. The third-order valence-corrected chi connectivity index (χ3v) is 2.83. The smallest absolute Gasteiger partial charge is 0.326 e. The van der Waals surface area contributed by atoms with Crippen LogP contribution in [0.4, 0.5) is 4.79 Å². The Balaban J connectivity index is 2.43. The van der Waals surface area contributed by atoms with Crippen molar-refractivity contribution in [3.63, 3.8) is 0 Å². The van der Waals surface area contributed by atoms with E-state index in [1.54, 1.807) is 6.07 Å². The number of unbranched alkanes of at least 4 members (excludes halogenated alkanes) is 1. The Bertz CT molecular complexity index is 463. The second kappa shape index (κ2) is 8.14. The second-order valence-corrected chi connectivity index (χ2v) is 4.63. The zero-order valence-electron chi connectivity index (χ0n) is 11.8. The van der Waals surface area contributed by atoms with E-state index in [9.17, 15) is 9.59 Å². The summed E-state index contributed by atoms with van der Waals surface area (Å²) < 4.78 is 0. The summed E-state index contributed by atoms with van der Waals surface area (Å²) in [6.07, 6.45) is 2.08. The van der Waals surface area contributed by atoms with Gasteiger partial charge in [0.15, 0.2) is 0 Å². The minimum atomic E-state index is -1.01. The molecular weight excluding hydrogens is 258 g/mol. The van der Waals surface area contributed by atoms with E-state index >= 15 is 0 Å². The zero-order chi connectivity index (χ0) is 15.0. The normalized spacial score (nSPS) is 11.7. The van der Waals surface area contributed by atoms with Gasteiger partial charge >= 0.3 is 12.0 Å². The Morgan fingerprint density at radius 2 is 2.15 bits per heavy atom. The predicted octanol–water partition coefficient (Wildman–Crippen LogP) is 1.83. The summed E-state index contributed by atoms with van der Waals surface area (Å²) in [6, 6.07) is 4.20. The predicted molar refractivity (Wildman–Crippen MR) is 75.3 cm³/mol. The van der Waals surface area contributed by atoms with Crippen LogP contribution in [0.1, 0.15) is 37.6 Å². The topological polar surface area (TPSA) is 91.3 Å². The number of carbonyl (C=O) groups excluding carboxylic acids is 1. The van der Waals surface area contributed by atoms with E-state index < -0.39 is 18.0 Å². The van der Waals surface area contributed by atoms with Crippen LogP contribution in [0.15, 0.2) is 18.2 Å². The van der Waals surface area contributed by atoms with E-state index in [1.165, 1.54) is 0 Å². The molecule has 0 saturated heterocycles. The largest absolute Gasteiger partial charge is 0.480 e. The molecule has 0 unspecified atom stereocenters. The summed E-state index contributed by atoms with van der Waals surface area (Å²) in [5.74, 6) is -1.01. The van der Waals surface area contributed by atoms with Crippen molar-refractivity contribution in [3.8, 4) is 0 Å². The molecule has 3 N–H and O–H groups in total. The average molecular weight is 279 g/mol. The number of carbonyl (C=O) groups is 2. The molecule has 0 saturated carbocycles. The van der Waals surface area contributed by atoms with Crippen molar-refractivity contribution in [3.05, 3.63) is 29.6 Å². The molecule has 0 spiro atoms. The summed E-state index contributed by atoms with van der Waals surface area (Å²) >= 11 is 0. The summed E-state index contributed by atoms with van der Waals surface area (Å²) in [5.41, 5.74) is 1.61. The van der Waals surface area contributed by atoms with E-state index in [1.807, 2.05) is 26.0 Å². The number of nitrogens with zero attached hydrogens (tertiary/aromatic N) is 1. The molecule has 0 bridgehead atoms. The maximum absolute atomic E-state index is 11.7. The number of hydrogen-bond acceptors (Lipinski definition) is 3. The summed E-state index contributed by atoms with van der Waals surface area (Å²) in [5, 5.41) is 14.1. The van der Waals surface area contributed by atoms with Crippen molar-refractivity contribution in [1.82, 2.24) is 15.6 Å². The van der Waals surface area contributed by atoms with Crippen molar-refractivity contribution in [2.24, 2.45) is 0 Å². The molecule has 1 heterocycles. The van der Waals surface area contributed by atoms with Crippen LogP contribution in [0, 0.1) is 6.92 Å². The van der Waals surface area contributed by atoms with E-state index in [0.717, 1.165) is 24.2 Å². The Kier molecular flexibility index (Phi) is 6.49. The van der Waals surface area contributed by atoms with E-state index in [-0.39, 0.29) is 6.54 Å². The Labute approximate surface area is 118 Å². The molecule has 6 nitrogen and oxygen atoms in total. The summed E-state index contributed by atoms with van der Waals surface area (Å²) in [4.78, 5) is 26.9. The highest BCUT2D eigenvalue weighted by Gasteiger charge is 2.18. The minimum absolute atomic E-state index is 0.271. The molecule has 1 atom stereocenters. The summed E-state index contributed by atoms with van der Waals surface area (Å²) in [6.45, 7) is 4.12. The number of carboxylic acids is 1. The Morgan fingerprint density at radius 1 is 1.40 bits per heavy atom. The van der Waals surface area contributed by atoms with Crippen molar-refractivity contribution in [2.45, 2.75) is 45.7 Å². The molecule has 0 aliphatic rings. The van der Waals surface area contributed by atoms with Gasteiger partial charge in [-0.05, 0) is 25.5 Å². The van der Waals surface area contributed by atoms with Crippen LogP contribution in [-0.4, -0.2) is 28.1 Å². The van der Waals surface area contributed by atoms with Gasteiger partial charge in [-0.15, -0.1) is 0 Å². The van der Waals surface area contributed by atoms with Crippen molar-refractivity contribution < 1.29 is 14.7 Å². The maximum Gasteiger partial charge on any atom is 0.326 e. The van der Waals surface area contributed by atoms with Gasteiger partial charge in [0.05, 0.1) is 12.2 Å². The van der Waals surface area contributed by atoms with Gasteiger partial charge in [0, 0.05) is 5.69 Å². The molecule has 1 aromatic rings. The average Bonchev–Trinajstić information content (AvgIpc) is 2.41. The molecule has 110 valence electrons. The highest BCUT2D eigenvalue weighted by atomic mass is 16.4. The second-order valence-electron chi connectivity index (χ2n) is 4.63. The first-order valence-corrected chi connectivity index (χ1v) is 6.72. The number of hydrogen-bond donors (Lipinski definition) is 3. The molecule has 1 rings (SSSR count). The van der Waals surface area contributed by atoms with Gasteiger partial charge in [0.1, 0.15) is 6.04 Å². The van der Waals surface area contributed by atoms with Gasteiger partial charge in [0.2, 0.25) is 0 Å². The molecule has 0 aliphatic carbocycles. The maximum atomic E-state index is 11.7. The number of aromatic nitrogens is 1.